The Bertz CT molecular complexity index is 1380. The molecule has 4 aromatic rings. The highest BCUT2D eigenvalue weighted by Crippen LogP contribution is 2.45. The molecule has 0 saturated carbocycles. The van der Waals surface area contributed by atoms with Crippen LogP contribution < -0.4 is 5.32 Å². The largest absolute Gasteiger partial charge is 0.288 e. The van der Waals surface area contributed by atoms with E-state index in [1.165, 1.54) is 6.07 Å². The van der Waals surface area contributed by atoms with E-state index in [1.54, 1.807) is 18.2 Å². The van der Waals surface area contributed by atoms with Gasteiger partial charge in [0.05, 0.1) is 21.6 Å². The Labute approximate surface area is 170 Å². The average molecular weight is 394 g/mol. The van der Waals surface area contributed by atoms with Crippen LogP contribution in [0.3, 0.4) is 0 Å². The average Bonchev–Trinajstić information content (AvgIpc) is 3.06. The summed E-state index contributed by atoms with van der Waals surface area (Å²) in [6.07, 6.45) is 0. The second-order valence-electron chi connectivity index (χ2n) is 6.97. The minimum absolute atomic E-state index is 0.121. The maximum Gasteiger partial charge on any atom is 0.277 e. The van der Waals surface area contributed by atoms with Gasteiger partial charge in [-0.3, -0.25) is 25.0 Å². The summed E-state index contributed by atoms with van der Waals surface area (Å²) in [6, 6.07) is 23.0. The Kier molecular flexibility index (Phi) is 3.93. The lowest BCUT2D eigenvalue weighted by Gasteiger charge is -2.17. The van der Waals surface area contributed by atoms with Crippen molar-refractivity contribution in [1.29, 1.82) is 0 Å². The van der Waals surface area contributed by atoms with E-state index in [9.17, 15) is 19.7 Å². The van der Waals surface area contributed by atoms with Crippen molar-refractivity contribution in [2.75, 3.05) is 0 Å². The van der Waals surface area contributed by atoms with E-state index >= 15 is 0 Å². The van der Waals surface area contributed by atoms with Crippen molar-refractivity contribution in [2.24, 2.45) is 0 Å². The number of nitro groups is 1. The van der Waals surface area contributed by atoms with Gasteiger partial charge in [-0.25, -0.2) is 0 Å². The number of carbonyl (C=O) groups is 2. The third kappa shape index (κ3) is 2.51. The molecule has 0 bridgehead atoms. The zero-order chi connectivity index (χ0) is 20.8. The van der Waals surface area contributed by atoms with E-state index in [1.807, 2.05) is 54.6 Å². The van der Waals surface area contributed by atoms with E-state index in [4.69, 9.17) is 0 Å². The first-order chi connectivity index (χ1) is 14.6. The van der Waals surface area contributed by atoms with Gasteiger partial charge in [0.25, 0.3) is 17.5 Å². The number of nitrogens with one attached hydrogen (secondary N) is 1. The van der Waals surface area contributed by atoms with Crippen molar-refractivity contribution in [2.45, 2.75) is 0 Å². The summed E-state index contributed by atoms with van der Waals surface area (Å²) >= 11 is 0. The van der Waals surface area contributed by atoms with E-state index < -0.39 is 16.7 Å². The molecule has 5 rings (SSSR count). The molecule has 0 saturated heterocycles. The third-order valence-electron chi connectivity index (χ3n) is 5.33. The molecule has 0 aromatic heterocycles. The van der Waals surface area contributed by atoms with E-state index in [0.29, 0.717) is 22.1 Å². The van der Waals surface area contributed by atoms with Crippen LogP contribution in [0.5, 0.6) is 0 Å². The highest BCUT2D eigenvalue weighted by molar-refractivity contribution is 6.31. The molecular weight excluding hydrogens is 380 g/mol. The second-order valence-corrected chi connectivity index (χ2v) is 6.97. The summed E-state index contributed by atoms with van der Waals surface area (Å²) in [6.45, 7) is 0. The number of fused-ring (bicyclic) bond motifs is 2. The number of carbonyl (C=O) groups excluding carboxylic acids is 2. The first-order valence-electron chi connectivity index (χ1n) is 9.31. The van der Waals surface area contributed by atoms with Gasteiger partial charge in [-0.2, -0.15) is 0 Å². The quantitative estimate of drug-likeness (QED) is 0.302. The fraction of sp³-hybridized carbons (Fsp3) is 0. The number of imide groups is 1. The molecule has 0 radical (unpaired) electrons. The van der Waals surface area contributed by atoms with Crippen molar-refractivity contribution < 1.29 is 14.5 Å². The Morgan fingerprint density at radius 2 is 1.17 bits per heavy atom. The Balaban J connectivity index is 2.02. The lowest BCUT2D eigenvalue weighted by atomic mass is 9.84. The van der Waals surface area contributed by atoms with Crippen LogP contribution in [0.1, 0.15) is 20.7 Å². The molecule has 1 heterocycles. The molecule has 1 N–H and O–H groups in total. The number of benzene rings is 4. The van der Waals surface area contributed by atoms with Crippen LogP contribution in [-0.4, -0.2) is 16.7 Å². The van der Waals surface area contributed by atoms with Gasteiger partial charge in [-0.1, -0.05) is 66.7 Å². The maximum absolute atomic E-state index is 12.9. The summed E-state index contributed by atoms with van der Waals surface area (Å²) in [5.41, 5.74) is 2.44. The number of amides is 2. The van der Waals surface area contributed by atoms with Crippen molar-refractivity contribution in [3.05, 3.63) is 100 Å². The number of para-hydroxylation sites is 1. The van der Waals surface area contributed by atoms with Crippen LogP contribution in [0, 0.1) is 10.1 Å². The highest BCUT2D eigenvalue weighted by atomic mass is 16.6. The summed E-state index contributed by atoms with van der Waals surface area (Å²) in [5, 5.41) is 15.5. The number of nitrogens with zero attached hydrogens (tertiary/aromatic N) is 1. The first-order valence-corrected chi connectivity index (χ1v) is 9.31. The van der Waals surface area contributed by atoms with E-state index in [2.05, 4.69) is 5.32 Å². The second kappa shape index (κ2) is 6.63. The van der Waals surface area contributed by atoms with E-state index in [-0.39, 0.29) is 16.8 Å². The number of hydrogen-bond donors (Lipinski definition) is 1. The van der Waals surface area contributed by atoms with Crippen molar-refractivity contribution >= 4 is 28.3 Å². The van der Waals surface area contributed by atoms with Crippen molar-refractivity contribution in [3.8, 4) is 22.3 Å². The van der Waals surface area contributed by atoms with Crippen LogP contribution in [0.15, 0.2) is 78.9 Å². The van der Waals surface area contributed by atoms with Crippen LogP contribution >= 0.6 is 0 Å². The highest BCUT2D eigenvalue weighted by Gasteiger charge is 2.36. The predicted octanol–water partition coefficient (Wildman–Crippen LogP) is 4.97. The maximum atomic E-state index is 12.9. The van der Waals surface area contributed by atoms with Crippen LogP contribution in [0.25, 0.3) is 33.0 Å². The number of hydrogen-bond acceptors (Lipinski definition) is 4. The minimum Gasteiger partial charge on any atom is -0.288 e. The Morgan fingerprint density at radius 1 is 0.633 bits per heavy atom. The first kappa shape index (κ1) is 17.8. The summed E-state index contributed by atoms with van der Waals surface area (Å²) in [5.74, 6) is -1.05. The smallest absolute Gasteiger partial charge is 0.277 e. The van der Waals surface area contributed by atoms with Crippen LogP contribution in [0.4, 0.5) is 5.69 Å². The normalized spacial score (nSPS) is 12.7. The topological polar surface area (TPSA) is 89.3 Å². The molecule has 2 amide bonds. The number of nitro benzene ring substituents is 1. The van der Waals surface area contributed by atoms with Gasteiger partial charge in [0, 0.05) is 17.2 Å². The van der Waals surface area contributed by atoms with Crippen LogP contribution in [-0.2, 0) is 0 Å². The van der Waals surface area contributed by atoms with Gasteiger partial charge >= 0.3 is 0 Å². The fourth-order valence-electron chi connectivity index (χ4n) is 4.15. The molecule has 1 aliphatic rings. The molecule has 30 heavy (non-hydrogen) atoms. The van der Waals surface area contributed by atoms with Crippen molar-refractivity contribution in [1.82, 2.24) is 5.32 Å². The standard InChI is InChI=1S/C24H14N2O4/c27-23-21-19(14-8-2-1-3-9-14)15-10-4-5-11-16(15)20(22(21)24(28)25-23)17-12-6-7-13-18(17)26(29)30/h1-13H,(H,25,27,28). The molecule has 6 nitrogen and oxygen atoms in total. The lowest BCUT2D eigenvalue weighted by molar-refractivity contribution is -0.384. The van der Waals surface area contributed by atoms with Gasteiger partial charge in [0.2, 0.25) is 0 Å². The molecular formula is C24H14N2O4. The lowest BCUT2D eigenvalue weighted by Crippen LogP contribution is -2.20. The Morgan fingerprint density at radius 3 is 1.83 bits per heavy atom. The number of rotatable bonds is 3. The molecule has 144 valence electrons. The van der Waals surface area contributed by atoms with Crippen LogP contribution in [0.2, 0.25) is 0 Å². The van der Waals surface area contributed by atoms with Gasteiger partial charge in [-0.05, 0) is 22.4 Å². The monoisotopic (exact) mass is 394 g/mol. The third-order valence-corrected chi connectivity index (χ3v) is 5.33. The molecule has 0 spiro atoms. The molecule has 1 aliphatic heterocycles. The van der Waals surface area contributed by atoms with Crippen molar-refractivity contribution in [3.63, 3.8) is 0 Å². The minimum atomic E-state index is -0.550. The summed E-state index contributed by atoms with van der Waals surface area (Å²) < 4.78 is 0. The molecule has 4 aromatic carbocycles. The molecule has 0 unspecified atom stereocenters. The zero-order valence-corrected chi connectivity index (χ0v) is 15.6. The van der Waals surface area contributed by atoms with E-state index in [0.717, 1.165) is 10.9 Å². The zero-order valence-electron chi connectivity index (χ0n) is 15.6. The van der Waals surface area contributed by atoms with Gasteiger partial charge in [0.15, 0.2) is 0 Å². The molecule has 0 fully saturated rings. The summed E-state index contributed by atoms with van der Waals surface area (Å²) in [7, 11) is 0. The molecule has 6 heteroatoms. The van der Waals surface area contributed by atoms with Gasteiger partial charge in [0.1, 0.15) is 0 Å². The Hall–Kier alpha value is -4.32. The summed E-state index contributed by atoms with van der Waals surface area (Å²) in [4.78, 5) is 37.0. The fourth-order valence-corrected chi connectivity index (χ4v) is 4.15. The van der Waals surface area contributed by atoms with Gasteiger partial charge in [-0.15, -0.1) is 0 Å². The molecule has 0 atom stereocenters. The predicted molar refractivity (Wildman–Crippen MR) is 113 cm³/mol. The molecule has 0 aliphatic carbocycles. The van der Waals surface area contributed by atoms with Gasteiger partial charge < -0.3 is 0 Å². The SMILES string of the molecule is O=C1NC(=O)c2c1c(-c1ccccc1)c1ccccc1c2-c1ccccc1[N+](=O)[O-].